The molecule has 9 heteroatoms. The molecule has 9 nitrogen and oxygen atoms in total. The molecule has 3 rings (SSSR count). The van der Waals surface area contributed by atoms with Crippen molar-refractivity contribution < 1.29 is 14.4 Å². The highest BCUT2D eigenvalue weighted by Gasteiger charge is 2.28. The first kappa shape index (κ1) is 20.9. The summed E-state index contributed by atoms with van der Waals surface area (Å²) in [5.41, 5.74) is 1.10. The minimum Gasteiger partial charge on any atom is -0.368 e. The highest BCUT2D eigenvalue weighted by atomic mass is 16.2. The largest absolute Gasteiger partial charge is 0.368 e. The van der Waals surface area contributed by atoms with Crippen molar-refractivity contribution in [3.05, 3.63) is 24.5 Å². The topological polar surface area (TPSA) is 97.9 Å². The first-order chi connectivity index (χ1) is 14.0. The second kappa shape index (κ2) is 10.1. The van der Waals surface area contributed by atoms with Crippen molar-refractivity contribution in [3.63, 3.8) is 0 Å². The summed E-state index contributed by atoms with van der Waals surface area (Å²) in [5, 5.41) is 5.51. The van der Waals surface area contributed by atoms with Crippen LogP contribution in [0.1, 0.15) is 26.2 Å². The average molecular weight is 402 g/mol. The fourth-order valence-electron chi connectivity index (χ4n) is 3.80. The maximum absolute atomic E-state index is 12.8. The highest BCUT2D eigenvalue weighted by molar-refractivity contribution is 5.88. The van der Waals surface area contributed by atoms with Gasteiger partial charge in [-0.3, -0.25) is 14.6 Å². The molecule has 2 saturated heterocycles. The number of nitrogens with zero attached hydrogens (tertiary/aromatic N) is 4. The summed E-state index contributed by atoms with van der Waals surface area (Å²) in [6.07, 6.45) is 6.60. The van der Waals surface area contributed by atoms with E-state index in [9.17, 15) is 14.4 Å². The van der Waals surface area contributed by atoms with Crippen LogP contribution in [0.15, 0.2) is 24.5 Å². The smallest absolute Gasteiger partial charge is 0.317 e. The maximum atomic E-state index is 12.8. The number of hydrogen-bond donors (Lipinski definition) is 2. The summed E-state index contributed by atoms with van der Waals surface area (Å²) >= 11 is 0. The Labute approximate surface area is 171 Å². The van der Waals surface area contributed by atoms with Gasteiger partial charge < -0.3 is 25.3 Å². The molecule has 2 aliphatic rings. The van der Waals surface area contributed by atoms with Crippen molar-refractivity contribution in [2.75, 3.05) is 50.7 Å². The van der Waals surface area contributed by atoms with Crippen LogP contribution in [-0.4, -0.2) is 84.5 Å². The van der Waals surface area contributed by atoms with Crippen LogP contribution >= 0.6 is 0 Å². The third kappa shape index (κ3) is 5.82. The molecule has 0 bridgehead atoms. The molecule has 1 unspecified atom stereocenters. The molecular weight excluding hydrogens is 372 g/mol. The monoisotopic (exact) mass is 402 g/mol. The van der Waals surface area contributed by atoms with Crippen molar-refractivity contribution in [1.29, 1.82) is 0 Å². The number of anilines is 1. The standard InChI is InChI=1S/C20H30N6O3/c1-16(27)23-18(19(28)25-9-3-2-4-10-25)15-22-20(29)26-13-11-24(12-14-26)17-5-7-21-8-6-17/h5-8,18H,2-4,9-15H2,1H3,(H,22,29)(H,23,27). The van der Waals surface area contributed by atoms with Crippen LogP contribution in [0.25, 0.3) is 0 Å². The summed E-state index contributed by atoms with van der Waals surface area (Å²) < 4.78 is 0. The molecule has 0 radical (unpaired) electrons. The number of rotatable bonds is 5. The van der Waals surface area contributed by atoms with Crippen LogP contribution in [0.2, 0.25) is 0 Å². The minimum atomic E-state index is -0.729. The van der Waals surface area contributed by atoms with E-state index in [2.05, 4.69) is 20.5 Å². The molecule has 4 amide bonds. The van der Waals surface area contributed by atoms with Gasteiger partial charge in [-0.2, -0.15) is 0 Å². The predicted octanol–water partition coefficient (Wildman–Crippen LogP) is 0.430. The average Bonchev–Trinajstić information content (AvgIpc) is 2.77. The number of likely N-dealkylation sites (tertiary alicyclic amines) is 1. The van der Waals surface area contributed by atoms with Gasteiger partial charge in [0.15, 0.2) is 0 Å². The van der Waals surface area contributed by atoms with Crippen molar-refractivity contribution in [2.45, 2.75) is 32.2 Å². The van der Waals surface area contributed by atoms with Crippen molar-refractivity contribution in [2.24, 2.45) is 0 Å². The molecule has 0 aliphatic carbocycles. The van der Waals surface area contributed by atoms with Crippen LogP contribution in [0.4, 0.5) is 10.5 Å². The Morgan fingerprint density at radius 2 is 1.62 bits per heavy atom. The Morgan fingerprint density at radius 1 is 0.966 bits per heavy atom. The summed E-state index contributed by atoms with van der Waals surface area (Å²) in [6.45, 7) is 5.56. The number of pyridine rings is 1. The molecule has 2 fully saturated rings. The summed E-state index contributed by atoms with van der Waals surface area (Å²) in [4.78, 5) is 46.6. The van der Waals surface area contributed by atoms with Crippen LogP contribution in [0.5, 0.6) is 0 Å². The Balaban J connectivity index is 1.49. The van der Waals surface area contributed by atoms with Gasteiger partial charge in [0, 0.05) is 70.8 Å². The van der Waals surface area contributed by atoms with Gasteiger partial charge in [-0.15, -0.1) is 0 Å². The van der Waals surface area contributed by atoms with E-state index in [1.54, 1.807) is 22.2 Å². The molecule has 3 heterocycles. The number of amides is 4. The first-order valence-corrected chi connectivity index (χ1v) is 10.3. The van der Waals surface area contributed by atoms with E-state index in [1.165, 1.54) is 6.92 Å². The van der Waals surface area contributed by atoms with E-state index in [-0.39, 0.29) is 24.4 Å². The van der Waals surface area contributed by atoms with Crippen LogP contribution < -0.4 is 15.5 Å². The second-order valence-electron chi connectivity index (χ2n) is 7.50. The molecule has 1 aromatic heterocycles. The fourth-order valence-corrected chi connectivity index (χ4v) is 3.80. The van der Waals surface area contributed by atoms with E-state index in [0.717, 1.165) is 38.0 Å². The van der Waals surface area contributed by atoms with E-state index in [0.29, 0.717) is 26.2 Å². The second-order valence-corrected chi connectivity index (χ2v) is 7.50. The number of aromatic nitrogens is 1. The van der Waals surface area contributed by atoms with E-state index in [4.69, 9.17) is 0 Å². The van der Waals surface area contributed by atoms with Crippen LogP contribution in [-0.2, 0) is 9.59 Å². The van der Waals surface area contributed by atoms with Gasteiger partial charge in [-0.05, 0) is 31.4 Å². The van der Waals surface area contributed by atoms with E-state index in [1.807, 2.05) is 12.1 Å². The maximum Gasteiger partial charge on any atom is 0.317 e. The fraction of sp³-hybridized carbons (Fsp3) is 0.600. The quantitative estimate of drug-likeness (QED) is 0.744. The van der Waals surface area contributed by atoms with Gasteiger partial charge in [0.1, 0.15) is 6.04 Å². The van der Waals surface area contributed by atoms with Gasteiger partial charge in [0.2, 0.25) is 11.8 Å². The van der Waals surface area contributed by atoms with Gasteiger partial charge in [0.05, 0.1) is 0 Å². The van der Waals surface area contributed by atoms with Crippen LogP contribution in [0, 0.1) is 0 Å². The summed E-state index contributed by atoms with van der Waals surface area (Å²) in [7, 11) is 0. The third-order valence-corrected chi connectivity index (χ3v) is 5.40. The lowest BCUT2D eigenvalue weighted by atomic mass is 10.1. The number of hydrogen-bond acceptors (Lipinski definition) is 5. The SMILES string of the molecule is CC(=O)NC(CNC(=O)N1CCN(c2ccncc2)CC1)C(=O)N1CCCCC1. The lowest BCUT2D eigenvalue weighted by molar-refractivity contribution is -0.136. The number of carbonyl (C=O) groups excluding carboxylic acids is 3. The molecule has 29 heavy (non-hydrogen) atoms. The lowest BCUT2D eigenvalue weighted by Crippen LogP contribution is -2.57. The molecule has 0 saturated carbocycles. The molecular formula is C20H30N6O3. The Bertz CT molecular complexity index is 699. The van der Waals surface area contributed by atoms with E-state index < -0.39 is 6.04 Å². The van der Waals surface area contributed by atoms with E-state index >= 15 is 0 Å². The van der Waals surface area contributed by atoms with Gasteiger partial charge in [-0.25, -0.2) is 4.79 Å². The molecule has 0 spiro atoms. The van der Waals surface area contributed by atoms with Crippen LogP contribution in [0.3, 0.4) is 0 Å². The molecule has 2 aliphatic heterocycles. The Kier molecular flexibility index (Phi) is 7.26. The summed E-state index contributed by atoms with van der Waals surface area (Å²) in [5.74, 6) is -0.400. The number of carbonyl (C=O) groups is 3. The van der Waals surface area contributed by atoms with Crippen molar-refractivity contribution >= 4 is 23.5 Å². The number of piperazine rings is 1. The van der Waals surface area contributed by atoms with Crippen molar-refractivity contribution in [3.8, 4) is 0 Å². The lowest BCUT2D eigenvalue weighted by Gasteiger charge is -2.36. The summed E-state index contributed by atoms with van der Waals surface area (Å²) in [6, 6.07) is 2.98. The Hall–Kier alpha value is -2.84. The number of piperidine rings is 1. The molecule has 158 valence electrons. The predicted molar refractivity (Wildman–Crippen MR) is 109 cm³/mol. The first-order valence-electron chi connectivity index (χ1n) is 10.3. The Morgan fingerprint density at radius 3 is 2.24 bits per heavy atom. The molecule has 1 aromatic rings. The zero-order valence-electron chi connectivity index (χ0n) is 17.0. The third-order valence-electron chi connectivity index (χ3n) is 5.40. The molecule has 2 N–H and O–H groups in total. The normalized spacial score (nSPS) is 18.2. The number of nitrogens with one attached hydrogen (secondary N) is 2. The molecule has 1 atom stereocenters. The van der Waals surface area contributed by atoms with Gasteiger partial charge in [0.25, 0.3) is 0 Å². The zero-order chi connectivity index (χ0) is 20.6. The van der Waals surface area contributed by atoms with Gasteiger partial charge >= 0.3 is 6.03 Å². The van der Waals surface area contributed by atoms with Gasteiger partial charge in [-0.1, -0.05) is 0 Å². The minimum absolute atomic E-state index is 0.0956. The number of urea groups is 1. The zero-order valence-corrected chi connectivity index (χ0v) is 17.0. The molecule has 0 aromatic carbocycles. The highest BCUT2D eigenvalue weighted by Crippen LogP contribution is 2.15. The van der Waals surface area contributed by atoms with Crippen molar-refractivity contribution in [1.82, 2.24) is 25.4 Å².